The van der Waals surface area contributed by atoms with Gasteiger partial charge in [0.25, 0.3) is 0 Å². The zero-order chi connectivity index (χ0) is 19.1. The molecule has 142 valence electrons. The molecule has 3 aromatic rings. The van der Waals surface area contributed by atoms with Gasteiger partial charge in [0.1, 0.15) is 0 Å². The molecule has 2 aromatic heterocycles. The van der Waals surface area contributed by atoms with E-state index in [1.54, 1.807) is 13.4 Å². The molecule has 0 spiro atoms. The third-order valence-electron chi connectivity index (χ3n) is 3.86. The Hall–Kier alpha value is -2.58. The molecular formula is C19H22N4O3S. The molecule has 0 aliphatic carbocycles. The molecule has 3 rings (SSSR count). The van der Waals surface area contributed by atoms with Gasteiger partial charge in [-0.15, -0.1) is 10.2 Å². The molecule has 0 atom stereocenters. The number of thioether (sulfide) groups is 1. The van der Waals surface area contributed by atoms with Crippen molar-refractivity contribution in [2.45, 2.75) is 25.0 Å². The van der Waals surface area contributed by atoms with E-state index in [0.717, 1.165) is 17.7 Å². The summed E-state index contributed by atoms with van der Waals surface area (Å²) >= 11 is 1.35. The summed E-state index contributed by atoms with van der Waals surface area (Å²) in [5.41, 5.74) is 1.93. The topological polar surface area (TPSA) is 82.2 Å². The van der Waals surface area contributed by atoms with Crippen molar-refractivity contribution in [1.82, 2.24) is 14.8 Å². The second kappa shape index (κ2) is 9.38. The molecule has 1 N–H and O–H groups in total. The number of hydrogen-bond acceptors (Lipinski definition) is 6. The standard InChI is InChI=1S/C19H22N4O3S/c1-14-6-8-15(9-7-14)20-17(24)13-27-19-22-21-18(16-5-3-12-26-16)23(19)10-4-11-25-2/h3,5-9,12H,4,10-11,13H2,1-2H3,(H,20,24). The molecule has 0 aliphatic rings. The van der Waals surface area contributed by atoms with Crippen LogP contribution in [-0.4, -0.2) is 40.1 Å². The highest BCUT2D eigenvalue weighted by Gasteiger charge is 2.17. The summed E-state index contributed by atoms with van der Waals surface area (Å²) in [5, 5.41) is 12.0. The maximum atomic E-state index is 12.2. The van der Waals surface area contributed by atoms with Crippen molar-refractivity contribution in [3.8, 4) is 11.6 Å². The van der Waals surface area contributed by atoms with Gasteiger partial charge in [0.2, 0.25) is 5.91 Å². The lowest BCUT2D eigenvalue weighted by Crippen LogP contribution is -2.14. The van der Waals surface area contributed by atoms with Gasteiger partial charge in [-0.05, 0) is 37.6 Å². The Morgan fingerprint density at radius 3 is 2.78 bits per heavy atom. The van der Waals surface area contributed by atoms with Crippen molar-refractivity contribution in [3.05, 3.63) is 48.2 Å². The van der Waals surface area contributed by atoms with E-state index in [1.807, 2.05) is 47.9 Å². The molecule has 2 heterocycles. The minimum Gasteiger partial charge on any atom is -0.461 e. The molecule has 1 aromatic carbocycles. The normalized spacial score (nSPS) is 10.9. The molecule has 0 fully saturated rings. The number of benzene rings is 1. The molecule has 8 heteroatoms. The van der Waals surface area contributed by atoms with Crippen LogP contribution < -0.4 is 5.32 Å². The van der Waals surface area contributed by atoms with E-state index in [0.29, 0.717) is 29.9 Å². The molecule has 1 amide bonds. The molecule has 0 saturated carbocycles. The zero-order valence-electron chi connectivity index (χ0n) is 15.3. The molecule has 0 aliphatic heterocycles. The van der Waals surface area contributed by atoms with Crippen molar-refractivity contribution in [3.63, 3.8) is 0 Å². The van der Waals surface area contributed by atoms with Crippen LogP contribution in [0.25, 0.3) is 11.6 Å². The van der Waals surface area contributed by atoms with Crippen LogP contribution in [0.4, 0.5) is 5.69 Å². The van der Waals surface area contributed by atoms with Gasteiger partial charge in [-0.25, -0.2) is 0 Å². The number of methoxy groups -OCH3 is 1. The van der Waals surface area contributed by atoms with Crippen LogP contribution in [-0.2, 0) is 16.1 Å². The van der Waals surface area contributed by atoms with Crippen LogP contribution >= 0.6 is 11.8 Å². The first-order chi connectivity index (χ1) is 13.2. The van der Waals surface area contributed by atoms with Gasteiger partial charge in [0, 0.05) is 25.9 Å². The van der Waals surface area contributed by atoms with Crippen LogP contribution in [0.5, 0.6) is 0 Å². The Balaban J connectivity index is 1.66. The van der Waals surface area contributed by atoms with E-state index in [1.165, 1.54) is 11.8 Å². The highest BCUT2D eigenvalue weighted by Crippen LogP contribution is 2.25. The van der Waals surface area contributed by atoms with Crippen LogP contribution in [0.1, 0.15) is 12.0 Å². The minimum atomic E-state index is -0.0881. The van der Waals surface area contributed by atoms with Crippen molar-refractivity contribution in [1.29, 1.82) is 0 Å². The minimum absolute atomic E-state index is 0.0881. The van der Waals surface area contributed by atoms with E-state index in [9.17, 15) is 4.79 Å². The van der Waals surface area contributed by atoms with Gasteiger partial charge in [0.05, 0.1) is 12.0 Å². The summed E-state index contributed by atoms with van der Waals surface area (Å²) in [7, 11) is 1.67. The Morgan fingerprint density at radius 2 is 2.07 bits per heavy atom. The summed E-state index contributed by atoms with van der Waals surface area (Å²) in [6.07, 6.45) is 2.41. The number of furan rings is 1. The van der Waals surface area contributed by atoms with Crippen molar-refractivity contribution >= 4 is 23.4 Å². The predicted molar refractivity (Wildman–Crippen MR) is 105 cm³/mol. The third-order valence-corrected chi connectivity index (χ3v) is 4.82. The maximum absolute atomic E-state index is 12.2. The lowest BCUT2D eigenvalue weighted by Gasteiger charge is -2.09. The van der Waals surface area contributed by atoms with Crippen LogP contribution in [0.3, 0.4) is 0 Å². The Morgan fingerprint density at radius 1 is 1.26 bits per heavy atom. The Bertz CT molecular complexity index is 860. The van der Waals surface area contributed by atoms with Gasteiger partial charge >= 0.3 is 0 Å². The fourth-order valence-corrected chi connectivity index (χ4v) is 3.28. The number of anilines is 1. The van der Waals surface area contributed by atoms with E-state index in [2.05, 4.69) is 15.5 Å². The van der Waals surface area contributed by atoms with Gasteiger partial charge in [-0.3, -0.25) is 9.36 Å². The fourth-order valence-electron chi connectivity index (χ4n) is 2.52. The number of amides is 1. The molecule has 0 radical (unpaired) electrons. The van der Waals surface area contributed by atoms with E-state index in [4.69, 9.17) is 9.15 Å². The highest BCUT2D eigenvalue weighted by molar-refractivity contribution is 7.99. The van der Waals surface area contributed by atoms with Crippen molar-refractivity contribution in [2.24, 2.45) is 0 Å². The Labute approximate surface area is 162 Å². The van der Waals surface area contributed by atoms with Gasteiger partial charge in [-0.2, -0.15) is 0 Å². The number of hydrogen-bond donors (Lipinski definition) is 1. The third kappa shape index (κ3) is 5.21. The quantitative estimate of drug-likeness (QED) is 0.447. The van der Waals surface area contributed by atoms with Gasteiger partial charge in [-0.1, -0.05) is 29.5 Å². The molecule has 7 nitrogen and oxygen atoms in total. The van der Waals surface area contributed by atoms with Gasteiger partial charge < -0.3 is 14.5 Å². The number of rotatable bonds is 9. The number of nitrogens with zero attached hydrogens (tertiary/aromatic N) is 3. The predicted octanol–water partition coefficient (Wildman–Crippen LogP) is 3.61. The number of aryl methyl sites for hydroxylation is 1. The first-order valence-electron chi connectivity index (χ1n) is 8.62. The number of nitrogens with one attached hydrogen (secondary N) is 1. The van der Waals surface area contributed by atoms with Crippen molar-refractivity contribution in [2.75, 3.05) is 24.8 Å². The average Bonchev–Trinajstić information content (AvgIpc) is 3.32. The summed E-state index contributed by atoms with van der Waals surface area (Å²) in [5.74, 6) is 1.46. The second-order valence-corrected chi connectivity index (χ2v) is 6.93. The second-order valence-electron chi connectivity index (χ2n) is 5.98. The SMILES string of the molecule is COCCCn1c(SCC(=O)Nc2ccc(C)cc2)nnc1-c1ccco1. The van der Waals surface area contributed by atoms with E-state index in [-0.39, 0.29) is 11.7 Å². The van der Waals surface area contributed by atoms with Crippen LogP contribution in [0.15, 0.2) is 52.2 Å². The van der Waals surface area contributed by atoms with Crippen LogP contribution in [0.2, 0.25) is 0 Å². The lowest BCUT2D eigenvalue weighted by atomic mass is 10.2. The molecule has 0 saturated heterocycles. The molecular weight excluding hydrogens is 364 g/mol. The molecule has 27 heavy (non-hydrogen) atoms. The smallest absolute Gasteiger partial charge is 0.234 e. The zero-order valence-corrected chi connectivity index (χ0v) is 16.2. The average molecular weight is 386 g/mol. The summed E-state index contributed by atoms with van der Waals surface area (Å²) in [6, 6.07) is 11.4. The summed E-state index contributed by atoms with van der Waals surface area (Å²) in [6.45, 7) is 3.32. The Kier molecular flexibility index (Phi) is 6.67. The van der Waals surface area contributed by atoms with Gasteiger partial charge in [0.15, 0.2) is 16.7 Å². The van der Waals surface area contributed by atoms with Crippen LogP contribution in [0, 0.1) is 6.92 Å². The van der Waals surface area contributed by atoms with E-state index >= 15 is 0 Å². The molecule has 0 unspecified atom stereocenters. The summed E-state index contributed by atoms with van der Waals surface area (Å²) in [4.78, 5) is 12.2. The largest absolute Gasteiger partial charge is 0.461 e. The first kappa shape index (κ1) is 19.2. The number of carbonyl (C=O) groups is 1. The lowest BCUT2D eigenvalue weighted by molar-refractivity contribution is -0.113. The molecule has 0 bridgehead atoms. The van der Waals surface area contributed by atoms with Crippen molar-refractivity contribution < 1.29 is 13.9 Å². The number of aromatic nitrogens is 3. The first-order valence-corrected chi connectivity index (χ1v) is 9.61. The number of ether oxygens (including phenoxy) is 1. The fraction of sp³-hybridized carbons (Fsp3) is 0.316. The number of carbonyl (C=O) groups excluding carboxylic acids is 1. The summed E-state index contributed by atoms with van der Waals surface area (Å²) < 4.78 is 12.5. The highest BCUT2D eigenvalue weighted by atomic mass is 32.2. The van der Waals surface area contributed by atoms with E-state index < -0.39 is 0 Å². The monoisotopic (exact) mass is 386 g/mol. The maximum Gasteiger partial charge on any atom is 0.234 e.